The molecule has 208 valence electrons. The molecule has 0 aliphatic rings. The van der Waals surface area contributed by atoms with Crippen LogP contribution in [0.5, 0.6) is 0 Å². The SMILES string of the molecule is CN(CC(NC(=O)OCc1ccccc1)C(=O)O)C(=O)c1c[nH]c2c(F)c(CNc3ncc[nH]3)c(F)cc2c1=O. The Kier molecular flexibility index (Phi) is 8.37. The first-order chi connectivity index (χ1) is 19.2. The van der Waals surface area contributed by atoms with E-state index in [0.29, 0.717) is 5.56 Å². The molecule has 0 aliphatic carbocycles. The number of benzene rings is 2. The lowest BCUT2D eigenvalue weighted by Crippen LogP contribution is -2.49. The van der Waals surface area contributed by atoms with Gasteiger partial charge in [0.2, 0.25) is 5.43 Å². The highest BCUT2D eigenvalue weighted by Crippen LogP contribution is 2.22. The highest BCUT2D eigenvalue weighted by atomic mass is 19.1. The normalized spacial score (nSPS) is 11.6. The number of hydrogen-bond acceptors (Lipinski definition) is 7. The standard InChI is InChI=1S/C26H24F2N6O6/c1-34(12-19(24(37)38)33-26(39)40-13-14-5-3-2-4-6-14)23(36)17-11-31-21-15(22(17)35)9-18(27)16(20(21)28)10-32-25-29-7-8-30-25/h2-9,11,19H,10,12-13H2,1H3,(H,31,35)(H,33,39)(H,37,38)(H2,29,30,32). The fraction of sp³-hybridized carbons (Fsp3) is 0.192. The molecule has 4 rings (SSSR count). The van der Waals surface area contributed by atoms with Crippen LogP contribution in [0.3, 0.4) is 0 Å². The predicted octanol–water partition coefficient (Wildman–Crippen LogP) is 2.59. The highest BCUT2D eigenvalue weighted by Gasteiger charge is 2.27. The third kappa shape index (κ3) is 6.23. The summed E-state index contributed by atoms with van der Waals surface area (Å²) in [5.74, 6) is -4.14. The summed E-state index contributed by atoms with van der Waals surface area (Å²) in [7, 11) is 1.21. The Hall–Kier alpha value is -5.27. The zero-order chi connectivity index (χ0) is 28.8. The molecule has 40 heavy (non-hydrogen) atoms. The second kappa shape index (κ2) is 12.1. The number of imidazole rings is 1. The fourth-order valence-electron chi connectivity index (χ4n) is 3.85. The van der Waals surface area contributed by atoms with E-state index in [1.807, 2.05) is 0 Å². The minimum Gasteiger partial charge on any atom is -0.480 e. The van der Waals surface area contributed by atoms with Crippen molar-refractivity contribution in [1.29, 1.82) is 0 Å². The van der Waals surface area contributed by atoms with Crippen molar-refractivity contribution in [2.45, 2.75) is 19.2 Å². The first-order valence-electron chi connectivity index (χ1n) is 11.9. The zero-order valence-corrected chi connectivity index (χ0v) is 21.0. The topological polar surface area (TPSA) is 170 Å². The maximum Gasteiger partial charge on any atom is 0.408 e. The van der Waals surface area contributed by atoms with Crippen molar-refractivity contribution in [2.75, 3.05) is 18.9 Å². The van der Waals surface area contributed by atoms with E-state index in [1.165, 1.54) is 19.4 Å². The van der Waals surface area contributed by atoms with Gasteiger partial charge in [0.1, 0.15) is 24.0 Å². The van der Waals surface area contributed by atoms with Crippen LogP contribution < -0.4 is 16.1 Å². The Balaban J connectivity index is 1.47. The number of nitrogens with one attached hydrogen (secondary N) is 4. The summed E-state index contributed by atoms with van der Waals surface area (Å²) in [6.45, 7) is -0.913. The number of carbonyl (C=O) groups is 3. The summed E-state index contributed by atoms with van der Waals surface area (Å²) >= 11 is 0. The molecular formula is C26H24F2N6O6. The maximum atomic E-state index is 15.1. The Morgan fingerprint density at radius 2 is 1.93 bits per heavy atom. The maximum absolute atomic E-state index is 15.1. The Labute approximate surface area is 225 Å². The van der Waals surface area contributed by atoms with Crippen molar-refractivity contribution in [3.05, 3.63) is 93.5 Å². The molecule has 0 saturated carbocycles. The molecule has 5 N–H and O–H groups in total. The summed E-state index contributed by atoms with van der Waals surface area (Å²) in [4.78, 5) is 59.9. The van der Waals surface area contributed by atoms with Gasteiger partial charge in [-0.15, -0.1) is 0 Å². The minimum absolute atomic E-state index is 0.103. The number of carboxylic acids is 1. The van der Waals surface area contributed by atoms with Crippen molar-refractivity contribution in [3.63, 3.8) is 0 Å². The van der Waals surface area contributed by atoms with Crippen LogP contribution in [-0.2, 0) is 22.7 Å². The molecule has 14 heteroatoms. The van der Waals surface area contributed by atoms with E-state index in [-0.39, 0.29) is 30.2 Å². The number of likely N-dealkylation sites (N-methyl/N-ethyl adjacent to an activating group) is 1. The lowest BCUT2D eigenvalue weighted by atomic mass is 10.1. The van der Waals surface area contributed by atoms with Gasteiger partial charge in [-0.05, 0) is 11.6 Å². The smallest absolute Gasteiger partial charge is 0.408 e. The molecule has 2 aromatic heterocycles. The van der Waals surface area contributed by atoms with Gasteiger partial charge in [-0.3, -0.25) is 9.59 Å². The van der Waals surface area contributed by atoms with Crippen LogP contribution in [0, 0.1) is 11.6 Å². The molecule has 0 fully saturated rings. The van der Waals surface area contributed by atoms with Crippen molar-refractivity contribution < 1.29 is 33.0 Å². The molecule has 0 spiro atoms. The number of rotatable bonds is 10. The Morgan fingerprint density at radius 1 is 1.18 bits per heavy atom. The molecule has 1 atom stereocenters. The first kappa shape index (κ1) is 27.8. The summed E-state index contributed by atoms with van der Waals surface area (Å²) in [6, 6.07) is 7.94. The first-order valence-corrected chi connectivity index (χ1v) is 11.9. The number of aliphatic carboxylic acids is 1. The number of pyridine rings is 1. The van der Waals surface area contributed by atoms with Gasteiger partial charge in [0.25, 0.3) is 5.91 Å². The lowest BCUT2D eigenvalue weighted by molar-refractivity contribution is -0.139. The number of aromatic amines is 2. The van der Waals surface area contributed by atoms with Crippen LogP contribution in [0.1, 0.15) is 21.5 Å². The number of H-pyrrole nitrogens is 2. The van der Waals surface area contributed by atoms with Crippen LogP contribution in [0.25, 0.3) is 10.9 Å². The number of amides is 2. The van der Waals surface area contributed by atoms with E-state index in [2.05, 4.69) is 25.6 Å². The number of carbonyl (C=O) groups excluding carboxylic acids is 2. The molecular weight excluding hydrogens is 530 g/mol. The minimum atomic E-state index is -1.57. The molecule has 0 saturated heterocycles. The van der Waals surface area contributed by atoms with Gasteiger partial charge in [0.05, 0.1) is 17.4 Å². The molecule has 0 aliphatic heterocycles. The van der Waals surface area contributed by atoms with E-state index < -0.39 is 58.6 Å². The van der Waals surface area contributed by atoms with E-state index >= 15 is 4.39 Å². The van der Waals surface area contributed by atoms with E-state index in [1.54, 1.807) is 30.3 Å². The van der Waals surface area contributed by atoms with Gasteiger partial charge in [0, 0.05) is 37.7 Å². The van der Waals surface area contributed by atoms with Crippen LogP contribution in [-0.4, -0.2) is 62.6 Å². The highest BCUT2D eigenvalue weighted by molar-refractivity contribution is 5.97. The number of hydrogen-bond donors (Lipinski definition) is 5. The fourth-order valence-corrected chi connectivity index (χ4v) is 3.85. The molecule has 0 radical (unpaired) electrons. The van der Waals surface area contributed by atoms with Crippen LogP contribution >= 0.6 is 0 Å². The average molecular weight is 555 g/mol. The van der Waals surface area contributed by atoms with Gasteiger partial charge < -0.3 is 35.3 Å². The third-order valence-corrected chi connectivity index (χ3v) is 5.93. The predicted molar refractivity (Wildman–Crippen MR) is 139 cm³/mol. The molecule has 0 bridgehead atoms. The van der Waals surface area contributed by atoms with Crippen molar-refractivity contribution in [3.8, 4) is 0 Å². The van der Waals surface area contributed by atoms with E-state index in [4.69, 9.17) is 4.74 Å². The number of fused-ring (bicyclic) bond motifs is 1. The summed E-state index contributed by atoms with van der Waals surface area (Å²) in [5, 5.41) is 14.0. The average Bonchev–Trinajstić information content (AvgIpc) is 3.46. The van der Waals surface area contributed by atoms with Crippen molar-refractivity contribution in [1.82, 2.24) is 25.2 Å². The van der Waals surface area contributed by atoms with Crippen molar-refractivity contribution in [2.24, 2.45) is 0 Å². The quantitative estimate of drug-likeness (QED) is 0.199. The number of carboxylic acid groups (broad SMARTS) is 1. The van der Waals surface area contributed by atoms with Gasteiger partial charge in [-0.25, -0.2) is 23.4 Å². The summed E-state index contributed by atoms with van der Waals surface area (Å²) < 4.78 is 34.9. The largest absolute Gasteiger partial charge is 0.480 e. The zero-order valence-electron chi connectivity index (χ0n) is 21.0. The molecule has 2 aromatic carbocycles. The Morgan fingerprint density at radius 3 is 2.60 bits per heavy atom. The van der Waals surface area contributed by atoms with Crippen LogP contribution in [0.4, 0.5) is 19.5 Å². The summed E-state index contributed by atoms with van der Waals surface area (Å²) in [6.07, 6.45) is 2.92. The van der Waals surface area contributed by atoms with Crippen LogP contribution in [0.15, 0.2) is 59.8 Å². The number of nitrogens with zero attached hydrogens (tertiary/aromatic N) is 2. The van der Waals surface area contributed by atoms with E-state index in [0.717, 1.165) is 17.2 Å². The monoisotopic (exact) mass is 554 g/mol. The van der Waals surface area contributed by atoms with Gasteiger partial charge in [0.15, 0.2) is 11.8 Å². The molecule has 2 amide bonds. The second-order valence-electron chi connectivity index (χ2n) is 8.68. The van der Waals surface area contributed by atoms with E-state index in [9.17, 15) is 28.7 Å². The number of alkyl carbamates (subject to hydrolysis) is 1. The summed E-state index contributed by atoms with van der Waals surface area (Å²) in [5.41, 5.74) is -1.43. The lowest BCUT2D eigenvalue weighted by Gasteiger charge is -2.22. The number of ether oxygens (including phenoxy) is 1. The number of aromatic nitrogens is 3. The third-order valence-electron chi connectivity index (χ3n) is 5.93. The molecule has 4 aromatic rings. The van der Waals surface area contributed by atoms with Gasteiger partial charge in [-0.2, -0.15) is 0 Å². The molecule has 1 unspecified atom stereocenters. The van der Waals surface area contributed by atoms with Gasteiger partial charge >= 0.3 is 12.1 Å². The van der Waals surface area contributed by atoms with Crippen LogP contribution in [0.2, 0.25) is 0 Å². The second-order valence-corrected chi connectivity index (χ2v) is 8.68. The number of halogens is 2. The van der Waals surface area contributed by atoms with Gasteiger partial charge in [-0.1, -0.05) is 30.3 Å². The number of anilines is 1. The molecule has 2 heterocycles. The van der Waals surface area contributed by atoms with Crippen molar-refractivity contribution >= 4 is 34.8 Å². The molecule has 12 nitrogen and oxygen atoms in total. The Bertz CT molecular complexity index is 1590.